The minimum absolute atomic E-state index is 0.438. The molecule has 0 aliphatic heterocycles. The first kappa shape index (κ1) is 13.6. The van der Waals surface area contributed by atoms with Gasteiger partial charge in [-0.3, -0.25) is 0 Å². The molecule has 106 valence electrons. The van der Waals surface area contributed by atoms with Crippen molar-refractivity contribution in [3.63, 3.8) is 0 Å². The molecule has 5 heteroatoms. The van der Waals surface area contributed by atoms with Crippen LogP contribution in [0.25, 0.3) is 22.3 Å². The highest BCUT2D eigenvalue weighted by Crippen LogP contribution is 2.27. The number of benzene rings is 2. The summed E-state index contributed by atoms with van der Waals surface area (Å²) in [6.45, 7) is 0. The van der Waals surface area contributed by atoms with Gasteiger partial charge in [-0.1, -0.05) is 23.7 Å². The fourth-order valence-electron chi connectivity index (χ4n) is 2.18. The molecule has 0 fully saturated rings. The van der Waals surface area contributed by atoms with Gasteiger partial charge >= 0.3 is 0 Å². The monoisotopic (exact) mass is 298 g/mol. The number of hydrogen-bond donors (Lipinski definition) is 1. The number of aromatic nitrogens is 2. The van der Waals surface area contributed by atoms with Crippen LogP contribution in [0.3, 0.4) is 0 Å². The van der Waals surface area contributed by atoms with Crippen molar-refractivity contribution < 1.29 is 0 Å². The van der Waals surface area contributed by atoms with E-state index in [1.807, 2.05) is 49.3 Å². The maximum absolute atomic E-state index is 6.04. The summed E-state index contributed by atoms with van der Waals surface area (Å²) in [5.41, 5.74) is 8.85. The molecule has 0 unspecified atom stereocenters. The highest BCUT2D eigenvalue weighted by atomic mass is 35.5. The average Bonchev–Trinajstić information content (AvgIpc) is 2.48. The normalized spacial score (nSPS) is 10.8. The molecule has 0 atom stereocenters. The van der Waals surface area contributed by atoms with E-state index in [4.69, 9.17) is 17.3 Å². The predicted molar refractivity (Wildman–Crippen MR) is 88.7 cm³/mol. The molecule has 21 heavy (non-hydrogen) atoms. The Morgan fingerprint density at radius 3 is 2.62 bits per heavy atom. The van der Waals surface area contributed by atoms with Gasteiger partial charge in [-0.2, -0.15) is 0 Å². The van der Waals surface area contributed by atoms with E-state index >= 15 is 0 Å². The summed E-state index contributed by atoms with van der Waals surface area (Å²) in [7, 11) is 3.99. The second-order valence-corrected chi connectivity index (χ2v) is 5.48. The zero-order valence-electron chi connectivity index (χ0n) is 11.8. The van der Waals surface area contributed by atoms with Crippen molar-refractivity contribution in [1.82, 2.24) is 9.97 Å². The van der Waals surface area contributed by atoms with Crippen LogP contribution >= 0.6 is 11.6 Å². The first-order chi connectivity index (χ1) is 10.0. The van der Waals surface area contributed by atoms with E-state index in [-0.39, 0.29) is 0 Å². The lowest BCUT2D eigenvalue weighted by molar-refractivity contribution is 1.13. The summed E-state index contributed by atoms with van der Waals surface area (Å²) in [5, 5.41) is 1.40. The molecular weight excluding hydrogens is 284 g/mol. The maximum Gasteiger partial charge on any atom is 0.162 e. The molecule has 0 amide bonds. The molecule has 0 saturated heterocycles. The number of hydrogen-bond acceptors (Lipinski definition) is 4. The molecule has 2 aromatic carbocycles. The van der Waals surface area contributed by atoms with Crippen LogP contribution in [0.5, 0.6) is 0 Å². The predicted octanol–water partition coefficient (Wildman–Crippen LogP) is 3.60. The lowest BCUT2D eigenvalue weighted by atomic mass is 10.1. The van der Waals surface area contributed by atoms with Gasteiger partial charge in [0.15, 0.2) is 5.82 Å². The van der Waals surface area contributed by atoms with E-state index in [2.05, 4.69) is 9.97 Å². The molecule has 0 aliphatic carbocycles. The van der Waals surface area contributed by atoms with Gasteiger partial charge in [0.05, 0.1) is 5.52 Å². The van der Waals surface area contributed by atoms with Crippen LogP contribution in [0.1, 0.15) is 0 Å². The Morgan fingerprint density at radius 1 is 1.05 bits per heavy atom. The van der Waals surface area contributed by atoms with E-state index < -0.39 is 0 Å². The molecular formula is C16H15ClN4. The quantitative estimate of drug-likeness (QED) is 0.785. The number of fused-ring (bicyclic) bond motifs is 1. The van der Waals surface area contributed by atoms with Crippen molar-refractivity contribution in [3.05, 3.63) is 47.5 Å². The number of nitrogen functional groups attached to an aromatic ring is 1. The van der Waals surface area contributed by atoms with Crippen molar-refractivity contribution in [2.75, 3.05) is 24.7 Å². The smallest absolute Gasteiger partial charge is 0.162 e. The van der Waals surface area contributed by atoms with Gasteiger partial charge in [0.2, 0.25) is 0 Å². The Balaban J connectivity index is 2.17. The molecule has 4 nitrogen and oxygen atoms in total. The van der Waals surface area contributed by atoms with Crippen LogP contribution in [0, 0.1) is 0 Å². The van der Waals surface area contributed by atoms with E-state index in [0.29, 0.717) is 16.7 Å². The number of nitrogens with two attached hydrogens (primary N) is 1. The number of nitrogens with zero attached hydrogens (tertiary/aromatic N) is 3. The molecule has 0 spiro atoms. The van der Waals surface area contributed by atoms with Crippen molar-refractivity contribution in [3.8, 4) is 11.4 Å². The highest BCUT2D eigenvalue weighted by Gasteiger charge is 2.09. The van der Waals surface area contributed by atoms with E-state index in [0.717, 1.165) is 22.2 Å². The molecule has 0 saturated carbocycles. The summed E-state index contributed by atoms with van der Waals surface area (Å²) in [5.74, 6) is 1.05. The van der Waals surface area contributed by atoms with Crippen LogP contribution in [0.15, 0.2) is 42.5 Å². The van der Waals surface area contributed by atoms with Crippen LogP contribution in [-0.2, 0) is 0 Å². The SMILES string of the molecule is CN(C)c1cccc(-c2nc(N)c3cc(Cl)ccc3n2)c1. The van der Waals surface area contributed by atoms with Crippen LogP contribution in [0.2, 0.25) is 5.02 Å². The molecule has 2 N–H and O–H groups in total. The van der Waals surface area contributed by atoms with Gasteiger partial charge in [0.1, 0.15) is 5.82 Å². The summed E-state index contributed by atoms with van der Waals surface area (Å²) in [4.78, 5) is 11.0. The minimum Gasteiger partial charge on any atom is -0.383 e. The first-order valence-electron chi connectivity index (χ1n) is 6.55. The second kappa shape index (κ2) is 5.22. The fourth-order valence-corrected chi connectivity index (χ4v) is 2.35. The zero-order valence-corrected chi connectivity index (χ0v) is 12.6. The number of rotatable bonds is 2. The van der Waals surface area contributed by atoms with Gasteiger partial charge in [0, 0.05) is 35.8 Å². The van der Waals surface area contributed by atoms with Crippen LogP contribution < -0.4 is 10.6 Å². The average molecular weight is 299 g/mol. The lowest BCUT2D eigenvalue weighted by Crippen LogP contribution is -2.08. The molecule has 0 aliphatic rings. The van der Waals surface area contributed by atoms with Crippen molar-refractivity contribution in [2.45, 2.75) is 0 Å². The fraction of sp³-hybridized carbons (Fsp3) is 0.125. The van der Waals surface area contributed by atoms with Crippen LogP contribution in [0.4, 0.5) is 11.5 Å². The third kappa shape index (κ3) is 2.62. The number of anilines is 2. The Kier molecular flexibility index (Phi) is 3.39. The molecule has 1 heterocycles. The highest BCUT2D eigenvalue weighted by molar-refractivity contribution is 6.31. The van der Waals surface area contributed by atoms with Gasteiger partial charge in [0.25, 0.3) is 0 Å². The summed E-state index contributed by atoms with van der Waals surface area (Å²) < 4.78 is 0. The molecule has 0 radical (unpaired) electrons. The second-order valence-electron chi connectivity index (χ2n) is 5.04. The largest absolute Gasteiger partial charge is 0.383 e. The Hall–Kier alpha value is -2.33. The molecule has 3 rings (SSSR count). The Morgan fingerprint density at radius 2 is 1.86 bits per heavy atom. The third-order valence-electron chi connectivity index (χ3n) is 3.31. The van der Waals surface area contributed by atoms with Gasteiger partial charge in [-0.25, -0.2) is 9.97 Å². The standard InChI is InChI=1S/C16H15ClN4/c1-21(2)12-5-3-4-10(8-12)16-19-14-7-6-11(17)9-13(14)15(18)20-16/h3-9H,1-2H3,(H2,18,19,20). The molecule has 0 bridgehead atoms. The van der Waals surface area contributed by atoms with Crippen molar-refractivity contribution >= 4 is 34.0 Å². The van der Waals surface area contributed by atoms with Gasteiger partial charge < -0.3 is 10.6 Å². The van der Waals surface area contributed by atoms with E-state index in [1.54, 1.807) is 12.1 Å². The minimum atomic E-state index is 0.438. The zero-order chi connectivity index (χ0) is 15.0. The van der Waals surface area contributed by atoms with Gasteiger partial charge in [-0.15, -0.1) is 0 Å². The summed E-state index contributed by atoms with van der Waals surface area (Å²) in [6, 6.07) is 13.5. The Bertz CT molecular complexity index is 814. The third-order valence-corrected chi connectivity index (χ3v) is 3.54. The molecule has 1 aromatic heterocycles. The number of halogens is 1. The topological polar surface area (TPSA) is 55.0 Å². The van der Waals surface area contributed by atoms with Gasteiger partial charge in [-0.05, 0) is 30.3 Å². The first-order valence-corrected chi connectivity index (χ1v) is 6.93. The summed E-state index contributed by atoms with van der Waals surface area (Å²) in [6.07, 6.45) is 0. The summed E-state index contributed by atoms with van der Waals surface area (Å²) >= 11 is 5.99. The van der Waals surface area contributed by atoms with E-state index in [9.17, 15) is 0 Å². The Labute approximate surface area is 128 Å². The lowest BCUT2D eigenvalue weighted by Gasteiger charge is -2.13. The molecule has 3 aromatic rings. The van der Waals surface area contributed by atoms with Crippen molar-refractivity contribution in [1.29, 1.82) is 0 Å². The maximum atomic E-state index is 6.04. The van der Waals surface area contributed by atoms with Crippen molar-refractivity contribution in [2.24, 2.45) is 0 Å². The van der Waals surface area contributed by atoms with Crippen LogP contribution in [-0.4, -0.2) is 24.1 Å². The van der Waals surface area contributed by atoms with E-state index in [1.165, 1.54) is 0 Å².